The number of hydrogen-bond acceptors (Lipinski definition) is 3. The van der Waals surface area contributed by atoms with Gasteiger partial charge in [-0.1, -0.05) is 20.8 Å². The zero-order valence-electron chi connectivity index (χ0n) is 17.7. The van der Waals surface area contributed by atoms with Crippen LogP contribution in [0.2, 0.25) is 0 Å². The fourth-order valence-electron chi connectivity index (χ4n) is 4.23. The van der Waals surface area contributed by atoms with Crippen LogP contribution in [-0.2, 0) is 7.05 Å². The fourth-order valence-corrected chi connectivity index (χ4v) is 4.93. The maximum absolute atomic E-state index is 12.5. The number of benzene rings is 1. The van der Waals surface area contributed by atoms with Gasteiger partial charge in [0, 0.05) is 40.8 Å². The molecular weight excluding hydrogens is 380 g/mol. The van der Waals surface area contributed by atoms with Gasteiger partial charge in [0.05, 0.1) is 6.10 Å². The lowest BCUT2D eigenvalue weighted by molar-refractivity contribution is 0.0992. The van der Waals surface area contributed by atoms with Gasteiger partial charge in [-0.3, -0.25) is 4.79 Å². The SMILES string of the molecule is CCSc1ccc(OC2CCC(C)(C)CC2)c(-c2cn(C)c(=O)c3[nH]ccc23)c1. The van der Waals surface area contributed by atoms with E-state index in [2.05, 4.69) is 44.0 Å². The first kappa shape index (κ1) is 20.1. The molecule has 2 aromatic heterocycles. The Morgan fingerprint density at radius 2 is 1.97 bits per heavy atom. The molecule has 0 spiro atoms. The van der Waals surface area contributed by atoms with Crippen molar-refractivity contribution in [2.45, 2.75) is 57.5 Å². The second-order valence-corrected chi connectivity index (χ2v) is 10.1. The predicted molar refractivity (Wildman–Crippen MR) is 122 cm³/mol. The van der Waals surface area contributed by atoms with Crippen molar-refractivity contribution in [3.63, 3.8) is 0 Å². The van der Waals surface area contributed by atoms with Gasteiger partial charge in [0.15, 0.2) is 0 Å². The number of pyridine rings is 1. The summed E-state index contributed by atoms with van der Waals surface area (Å²) in [7, 11) is 1.81. The topological polar surface area (TPSA) is 47.0 Å². The van der Waals surface area contributed by atoms with E-state index in [9.17, 15) is 4.79 Å². The zero-order valence-corrected chi connectivity index (χ0v) is 18.6. The second-order valence-electron chi connectivity index (χ2n) is 8.80. The van der Waals surface area contributed by atoms with E-state index < -0.39 is 0 Å². The van der Waals surface area contributed by atoms with Crippen molar-refractivity contribution in [1.29, 1.82) is 0 Å². The Morgan fingerprint density at radius 1 is 1.21 bits per heavy atom. The van der Waals surface area contributed by atoms with Crippen molar-refractivity contribution in [3.8, 4) is 16.9 Å². The third-order valence-corrected chi connectivity index (χ3v) is 6.90. The summed E-state index contributed by atoms with van der Waals surface area (Å²) in [6.45, 7) is 6.85. The van der Waals surface area contributed by atoms with E-state index in [1.54, 1.807) is 11.6 Å². The summed E-state index contributed by atoms with van der Waals surface area (Å²) in [5.41, 5.74) is 3.15. The molecule has 4 nitrogen and oxygen atoms in total. The zero-order chi connectivity index (χ0) is 20.6. The Morgan fingerprint density at radius 3 is 2.69 bits per heavy atom. The lowest BCUT2D eigenvalue weighted by Gasteiger charge is -2.34. The van der Waals surface area contributed by atoms with Crippen molar-refractivity contribution in [3.05, 3.63) is 47.0 Å². The quantitative estimate of drug-likeness (QED) is 0.525. The summed E-state index contributed by atoms with van der Waals surface area (Å²) >= 11 is 1.82. The molecule has 0 atom stereocenters. The van der Waals surface area contributed by atoms with Gasteiger partial charge in [-0.15, -0.1) is 11.8 Å². The van der Waals surface area contributed by atoms with E-state index in [1.807, 2.05) is 30.2 Å². The van der Waals surface area contributed by atoms with Crippen LogP contribution in [0.1, 0.15) is 46.5 Å². The van der Waals surface area contributed by atoms with Gasteiger partial charge in [0.1, 0.15) is 11.3 Å². The molecule has 1 N–H and O–H groups in total. The first-order valence-corrected chi connectivity index (χ1v) is 11.5. The van der Waals surface area contributed by atoms with E-state index in [4.69, 9.17) is 4.74 Å². The summed E-state index contributed by atoms with van der Waals surface area (Å²) < 4.78 is 8.21. The van der Waals surface area contributed by atoms with E-state index in [1.165, 1.54) is 17.7 Å². The van der Waals surface area contributed by atoms with Crippen LogP contribution in [0.5, 0.6) is 5.75 Å². The Bertz CT molecular complexity index is 1070. The summed E-state index contributed by atoms with van der Waals surface area (Å²) in [5, 5.41) is 0.946. The number of hydrogen-bond donors (Lipinski definition) is 1. The Kier molecular flexibility index (Phi) is 5.52. The Balaban J connectivity index is 1.78. The summed E-state index contributed by atoms with van der Waals surface area (Å²) in [4.78, 5) is 16.8. The first-order chi connectivity index (χ1) is 13.9. The molecular formula is C24H30N2O2S. The molecule has 0 aliphatic heterocycles. The normalized spacial score (nSPS) is 17.0. The average Bonchev–Trinajstić information content (AvgIpc) is 3.18. The molecule has 0 unspecified atom stereocenters. The van der Waals surface area contributed by atoms with Crippen molar-refractivity contribution in [1.82, 2.24) is 9.55 Å². The van der Waals surface area contributed by atoms with Gasteiger partial charge in [-0.25, -0.2) is 0 Å². The van der Waals surface area contributed by atoms with Crippen LogP contribution in [0.4, 0.5) is 0 Å². The lowest BCUT2D eigenvalue weighted by atomic mass is 9.76. The van der Waals surface area contributed by atoms with E-state index in [-0.39, 0.29) is 11.7 Å². The summed E-state index contributed by atoms with van der Waals surface area (Å²) in [6, 6.07) is 8.45. The van der Waals surface area contributed by atoms with E-state index >= 15 is 0 Å². The molecule has 1 fully saturated rings. The number of aromatic nitrogens is 2. The minimum Gasteiger partial charge on any atom is -0.490 e. The first-order valence-electron chi connectivity index (χ1n) is 10.5. The van der Waals surface area contributed by atoms with Crippen molar-refractivity contribution in [2.24, 2.45) is 12.5 Å². The Hall–Kier alpha value is -2.14. The molecule has 3 aromatic rings. The molecule has 5 heteroatoms. The fraction of sp³-hybridized carbons (Fsp3) is 0.458. The minimum atomic E-state index is -0.00943. The highest BCUT2D eigenvalue weighted by Gasteiger charge is 2.28. The van der Waals surface area contributed by atoms with Gasteiger partial charge in [-0.2, -0.15) is 0 Å². The minimum absolute atomic E-state index is 0.00943. The van der Waals surface area contributed by atoms with Gasteiger partial charge in [-0.05, 0) is 61.1 Å². The van der Waals surface area contributed by atoms with Crippen LogP contribution in [-0.4, -0.2) is 21.4 Å². The number of ether oxygens (including phenoxy) is 1. The predicted octanol–water partition coefficient (Wildman–Crippen LogP) is 5.99. The van der Waals surface area contributed by atoms with Gasteiger partial charge >= 0.3 is 0 Å². The maximum atomic E-state index is 12.5. The van der Waals surface area contributed by atoms with Crippen LogP contribution in [0.25, 0.3) is 22.0 Å². The highest BCUT2D eigenvalue weighted by molar-refractivity contribution is 7.99. The van der Waals surface area contributed by atoms with Crippen molar-refractivity contribution < 1.29 is 4.74 Å². The highest BCUT2D eigenvalue weighted by Crippen LogP contribution is 2.41. The third-order valence-electron chi connectivity index (χ3n) is 6.03. The molecule has 1 aromatic carbocycles. The van der Waals surface area contributed by atoms with Gasteiger partial charge < -0.3 is 14.3 Å². The molecule has 4 rings (SSSR count). The standard InChI is InChI=1S/C24H30N2O2S/c1-5-29-17-6-7-21(28-16-8-11-24(2,3)12-9-16)19(14-17)20-15-26(4)23(27)22-18(20)10-13-25-22/h6-7,10,13-16,25H,5,8-9,11-12H2,1-4H3. The van der Waals surface area contributed by atoms with Crippen LogP contribution in [0, 0.1) is 5.41 Å². The number of nitrogens with zero attached hydrogens (tertiary/aromatic N) is 1. The van der Waals surface area contributed by atoms with Crippen molar-refractivity contribution in [2.75, 3.05) is 5.75 Å². The molecule has 1 aliphatic carbocycles. The number of fused-ring (bicyclic) bond motifs is 1. The van der Waals surface area contributed by atoms with Crippen LogP contribution in [0.15, 0.2) is 46.3 Å². The molecule has 2 heterocycles. The van der Waals surface area contributed by atoms with Gasteiger partial charge in [0.2, 0.25) is 0 Å². The van der Waals surface area contributed by atoms with Crippen LogP contribution < -0.4 is 10.3 Å². The van der Waals surface area contributed by atoms with Crippen LogP contribution in [0.3, 0.4) is 0 Å². The Labute approximate surface area is 176 Å². The van der Waals surface area contributed by atoms with Crippen molar-refractivity contribution >= 4 is 22.7 Å². The monoisotopic (exact) mass is 410 g/mol. The number of rotatable bonds is 5. The molecule has 29 heavy (non-hydrogen) atoms. The molecule has 0 saturated heterocycles. The molecule has 0 radical (unpaired) electrons. The lowest BCUT2D eigenvalue weighted by Crippen LogP contribution is -2.28. The van der Waals surface area contributed by atoms with E-state index in [0.717, 1.165) is 40.9 Å². The highest BCUT2D eigenvalue weighted by atomic mass is 32.2. The smallest absolute Gasteiger partial charge is 0.274 e. The number of aromatic amines is 1. The molecule has 1 aliphatic rings. The van der Waals surface area contributed by atoms with Gasteiger partial charge in [0.25, 0.3) is 5.56 Å². The molecule has 154 valence electrons. The largest absolute Gasteiger partial charge is 0.490 e. The number of nitrogens with one attached hydrogen (secondary N) is 1. The third kappa shape index (κ3) is 4.11. The van der Waals surface area contributed by atoms with Crippen LogP contribution >= 0.6 is 11.8 Å². The molecule has 0 amide bonds. The molecule has 0 bridgehead atoms. The number of aryl methyl sites for hydroxylation is 1. The van der Waals surface area contributed by atoms with E-state index in [0.29, 0.717) is 10.9 Å². The molecule has 1 saturated carbocycles. The number of H-pyrrole nitrogens is 1. The summed E-state index contributed by atoms with van der Waals surface area (Å²) in [5.74, 6) is 1.93. The average molecular weight is 411 g/mol. The number of thioether (sulfide) groups is 1. The summed E-state index contributed by atoms with van der Waals surface area (Å²) in [6.07, 6.45) is 8.59. The maximum Gasteiger partial charge on any atom is 0.274 e. The second kappa shape index (κ2) is 7.94.